The van der Waals surface area contributed by atoms with E-state index in [4.69, 9.17) is 16.3 Å². The summed E-state index contributed by atoms with van der Waals surface area (Å²) in [6, 6.07) is 13.6. The number of aromatic nitrogens is 3. The van der Waals surface area contributed by atoms with E-state index in [0.29, 0.717) is 22.1 Å². The largest absolute Gasteiger partial charge is 0.465 e. The fraction of sp³-hybridized carbons (Fsp3) is 0.111. The number of rotatable bonds is 4. The molecule has 0 saturated heterocycles. The zero-order chi connectivity index (χ0) is 18.7. The third-order valence-corrected chi connectivity index (χ3v) is 3.98. The minimum absolute atomic E-state index is 0.143. The number of benzene rings is 2. The second-order valence-electron chi connectivity index (χ2n) is 5.41. The molecule has 1 N–H and O–H groups in total. The molecule has 1 aromatic heterocycles. The first-order chi connectivity index (χ1) is 12.5. The Balaban J connectivity index is 1.90. The van der Waals surface area contributed by atoms with Crippen molar-refractivity contribution in [1.82, 2.24) is 15.0 Å². The van der Waals surface area contributed by atoms with E-state index in [-0.39, 0.29) is 11.3 Å². The molecule has 0 aliphatic heterocycles. The van der Waals surface area contributed by atoms with E-state index in [1.54, 1.807) is 49.4 Å². The Morgan fingerprint density at radius 1 is 1.15 bits per heavy atom. The molecule has 0 saturated carbocycles. The predicted molar refractivity (Wildman–Crippen MR) is 96.8 cm³/mol. The highest BCUT2D eigenvalue weighted by Gasteiger charge is 2.20. The zero-order valence-corrected chi connectivity index (χ0v) is 14.8. The van der Waals surface area contributed by atoms with Gasteiger partial charge in [-0.15, -0.1) is 5.10 Å². The van der Waals surface area contributed by atoms with E-state index in [2.05, 4.69) is 15.6 Å². The Morgan fingerprint density at radius 2 is 1.92 bits per heavy atom. The quantitative estimate of drug-likeness (QED) is 0.712. The van der Waals surface area contributed by atoms with E-state index in [1.165, 1.54) is 11.8 Å². The Labute approximate surface area is 154 Å². The molecule has 1 amide bonds. The van der Waals surface area contributed by atoms with Gasteiger partial charge in [0.15, 0.2) is 5.69 Å². The average Bonchev–Trinajstić information content (AvgIpc) is 3.03. The lowest BCUT2D eigenvalue weighted by molar-refractivity contribution is 0.0602. The van der Waals surface area contributed by atoms with Crippen molar-refractivity contribution < 1.29 is 14.3 Å². The van der Waals surface area contributed by atoms with Gasteiger partial charge in [0.25, 0.3) is 5.91 Å². The Bertz CT molecular complexity index is 984. The number of ether oxygens (including phenoxy) is 1. The van der Waals surface area contributed by atoms with E-state index < -0.39 is 11.9 Å². The van der Waals surface area contributed by atoms with Crippen LogP contribution in [0, 0.1) is 6.92 Å². The number of anilines is 1. The summed E-state index contributed by atoms with van der Waals surface area (Å²) >= 11 is 6.00. The summed E-state index contributed by atoms with van der Waals surface area (Å²) in [4.78, 5) is 24.4. The summed E-state index contributed by atoms with van der Waals surface area (Å²) in [5, 5.41) is 11.2. The van der Waals surface area contributed by atoms with Crippen molar-refractivity contribution in [2.75, 3.05) is 12.4 Å². The van der Waals surface area contributed by atoms with Gasteiger partial charge >= 0.3 is 5.97 Å². The summed E-state index contributed by atoms with van der Waals surface area (Å²) in [6.07, 6.45) is 0. The number of nitrogens with zero attached hydrogens (tertiary/aromatic N) is 3. The predicted octanol–water partition coefficient (Wildman–Crippen LogP) is 3.27. The maximum absolute atomic E-state index is 12.6. The lowest BCUT2D eigenvalue weighted by Crippen LogP contribution is -2.17. The van der Waals surface area contributed by atoms with Gasteiger partial charge < -0.3 is 10.1 Å². The highest BCUT2D eigenvalue weighted by atomic mass is 35.5. The molecule has 3 aromatic rings. The van der Waals surface area contributed by atoms with Gasteiger partial charge in [-0.25, -0.2) is 9.48 Å². The number of carbonyl (C=O) groups excluding carboxylic acids is 2. The van der Waals surface area contributed by atoms with Gasteiger partial charge in [-0.3, -0.25) is 4.79 Å². The molecule has 3 rings (SSSR count). The summed E-state index contributed by atoms with van der Waals surface area (Å²) in [5.41, 5.74) is 1.96. The number of esters is 1. The number of hydrogen-bond donors (Lipinski definition) is 1. The summed E-state index contributed by atoms with van der Waals surface area (Å²) < 4.78 is 6.25. The third kappa shape index (κ3) is 3.43. The highest BCUT2D eigenvalue weighted by molar-refractivity contribution is 6.30. The average molecular weight is 371 g/mol. The van der Waals surface area contributed by atoms with E-state index >= 15 is 0 Å². The fourth-order valence-corrected chi connectivity index (χ4v) is 2.64. The van der Waals surface area contributed by atoms with Crippen LogP contribution in [0.4, 0.5) is 5.69 Å². The number of carbonyl (C=O) groups is 2. The van der Waals surface area contributed by atoms with Crippen LogP contribution in [0.1, 0.15) is 26.5 Å². The van der Waals surface area contributed by atoms with Crippen LogP contribution in [0.2, 0.25) is 5.02 Å². The van der Waals surface area contributed by atoms with E-state index in [9.17, 15) is 9.59 Å². The molecule has 0 unspecified atom stereocenters. The molecule has 0 bridgehead atoms. The summed E-state index contributed by atoms with van der Waals surface area (Å²) in [7, 11) is 1.28. The van der Waals surface area contributed by atoms with Crippen molar-refractivity contribution >= 4 is 29.2 Å². The molecule has 0 spiro atoms. The van der Waals surface area contributed by atoms with Crippen molar-refractivity contribution in [2.45, 2.75) is 6.92 Å². The fourth-order valence-electron chi connectivity index (χ4n) is 2.45. The molecule has 2 aromatic carbocycles. The molecule has 7 nitrogen and oxygen atoms in total. The van der Waals surface area contributed by atoms with Gasteiger partial charge in [-0.1, -0.05) is 35.0 Å². The van der Waals surface area contributed by atoms with Gasteiger partial charge in [-0.05, 0) is 37.3 Å². The lowest BCUT2D eigenvalue weighted by Gasteiger charge is -2.09. The Kier molecular flexibility index (Phi) is 4.99. The molecular weight excluding hydrogens is 356 g/mol. The van der Waals surface area contributed by atoms with Crippen molar-refractivity contribution in [3.63, 3.8) is 0 Å². The number of para-hydroxylation sites is 1. The topological polar surface area (TPSA) is 86.1 Å². The second kappa shape index (κ2) is 7.37. The van der Waals surface area contributed by atoms with Crippen LogP contribution in [0.15, 0.2) is 48.5 Å². The van der Waals surface area contributed by atoms with E-state index in [1.807, 2.05) is 6.07 Å². The molecule has 0 aliphatic rings. The third-order valence-electron chi connectivity index (χ3n) is 3.74. The van der Waals surface area contributed by atoms with Crippen LogP contribution < -0.4 is 5.32 Å². The van der Waals surface area contributed by atoms with Gasteiger partial charge in [0.2, 0.25) is 0 Å². The number of nitrogens with one attached hydrogen (secondary N) is 1. The number of methoxy groups -OCH3 is 1. The highest BCUT2D eigenvalue weighted by Crippen LogP contribution is 2.19. The number of halogens is 1. The molecule has 26 heavy (non-hydrogen) atoms. The Hall–Kier alpha value is -3.19. The zero-order valence-electron chi connectivity index (χ0n) is 14.1. The summed E-state index contributed by atoms with van der Waals surface area (Å²) in [5.74, 6) is -1.02. The van der Waals surface area contributed by atoms with Crippen molar-refractivity contribution in [2.24, 2.45) is 0 Å². The standard InChI is InChI=1S/C18H15ClN4O3/c1-11-16(21-22-23(11)13-7-5-6-12(19)10-13)17(24)20-15-9-4-3-8-14(15)18(25)26-2/h3-10H,1-2H3,(H,20,24). The molecule has 132 valence electrons. The normalized spacial score (nSPS) is 10.4. The minimum atomic E-state index is -0.541. The number of amides is 1. The van der Waals surface area contributed by atoms with Crippen LogP contribution >= 0.6 is 11.6 Å². The van der Waals surface area contributed by atoms with Crippen molar-refractivity contribution in [3.8, 4) is 5.69 Å². The van der Waals surface area contributed by atoms with Crippen LogP contribution in [0.25, 0.3) is 5.69 Å². The van der Waals surface area contributed by atoms with Crippen LogP contribution in [0.5, 0.6) is 0 Å². The number of hydrogen-bond acceptors (Lipinski definition) is 5. The maximum atomic E-state index is 12.6. The van der Waals surface area contributed by atoms with E-state index in [0.717, 1.165) is 0 Å². The smallest absolute Gasteiger partial charge is 0.339 e. The molecule has 1 heterocycles. The van der Waals surface area contributed by atoms with Gasteiger partial charge in [0.05, 0.1) is 29.7 Å². The first-order valence-electron chi connectivity index (χ1n) is 7.68. The van der Waals surface area contributed by atoms with Crippen molar-refractivity contribution in [1.29, 1.82) is 0 Å². The minimum Gasteiger partial charge on any atom is -0.465 e. The monoisotopic (exact) mass is 370 g/mol. The molecule has 0 atom stereocenters. The van der Waals surface area contributed by atoms with Crippen LogP contribution in [-0.2, 0) is 4.74 Å². The second-order valence-corrected chi connectivity index (χ2v) is 5.84. The molecule has 8 heteroatoms. The maximum Gasteiger partial charge on any atom is 0.339 e. The SMILES string of the molecule is COC(=O)c1ccccc1NC(=O)c1nnn(-c2cccc(Cl)c2)c1C. The first kappa shape index (κ1) is 17.6. The molecule has 0 fully saturated rings. The molecule has 0 radical (unpaired) electrons. The van der Waals surface area contributed by atoms with Crippen LogP contribution in [0.3, 0.4) is 0 Å². The van der Waals surface area contributed by atoms with Gasteiger partial charge in [0.1, 0.15) is 0 Å². The molecule has 0 aliphatic carbocycles. The van der Waals surface area contributed by atoms with Gasteiger partial charge in [0, 0.05) is 5.02 Å². The van der Waals surface area contributed by atoms with Gasteiger partial charge in [-0.2, -0.15) is 0 Å². The first-order valence-corrected chi connectivity index (χ1v) is 8.06. The molecular formula is C18H15ClN4O3. The van der Waals surface area contributed by atoms with Crippen molar-refractivity contribution in [3.05, 3.63) is 70.5 Å². The lowest BCUT2D eigenvalue weighted by atomic mass is 10.1. The Morgan fingerprint density at radius 3 is 2.65 bits per heavy atom. The van der Waals surface area contributed by atoms with Crippen LogP contribution in [-0.4, -0.2) is 34.0 Å². The summed E-state index contributed by atoms with van der Waals surface area (Å²) in [6.45, 7) is 1.72.